The fraction of sp³-hybridized carbons (Fsp3) is 0.0476. The van der Waals surface area contributed by atoms with E-state index >= 15 is 0 Å². The van der Waals surface area contributed by atoms with Gasteiger partial charge in [-0.05, 0) is 22.9 Å². The smallest absolute Gasteiger partial charge is 0.339 e. The Kier molecular flexibility index (Phi) is 4.82. The number of anilines is 1. The van der Waals surface area contributed by atoms with E-state index in [-0.39, 0.29) is 11.3 Å². The Balaban J connectivity index is 1.55. The molecule has 6 nitrogen and oxygen atoms in total. The number of carbonyl (C=O) groups is 2. The minimum atomic E-state index is -0.501. The van der Waals surface area contributed by atoms with Crippen LogP contribution in [0.25, 0.3) is 22.0 Å². The normalized spacial score (nSPS) is 10.6. The maximum atomic E-state index is 12.4. The molecule has 1 N–H and O–H groups in total. The van der Waals surface area contributed by atoms with Crippen molar-refractivity contribution in [3.05, 3.63) is 77.4 Å². The average molecular weight is 389 g/mol. The van der Waals surface area contributed by atoms with Gasteiger partial charge in [0.1, 0.15) is 5.69 Å². The molecular weight excluding hydrogens is 374 g/mol. The van der Waals surface area contributed by atoms with Gasteiger partial charge in [-0.2, -0.15) is 0 Å². The van der Waals surface area contributed by atoms with Crippen LogP contribution in [0.1, 0.15) is 20.8 Å². The lowest BCUT2D eigenvalue weighted by atomic mass is 10.0. The number of rotatable bonds is 4. The van der Waals surface area contributed by atoms with E-state index < -0.39 is 11.9 Å². The van der Waals surface area contributed by atoms with Gasteiger partial charge in [-0.25, -0.2) is 9.78 Å². The largest absolute Gasteiger partial charge is 0.465 e. The molecule has 0 aliphatic heterocycles. The van der Waals surface area contributed by atoms with Gasteiger partial charge in [0.05, 0.1) is 18.4 Å². The maximum Gasteiger partial charge on any atom is 0.339 e. The molecule has 0 atom stereocenters. The first kappa shape index (κ1) is 17.8. The summed E-state index contributed by atoms with van der Waals surface area (Å²) in [6.07, 6.45) is 1.31. The third-order valence-corrected chi connectivity index (χ3v) is 4.97. The molecule has 0 fully saturated rings. The van der Waals surface area contributed by atoms with E-state index in [1.807, 2.05) is 29.6 Å². The molecule has 0 unspecified atom stereocenters. The van der Waals surface area contributed by atoms with Crippen LogP contribution in [0, 0.1) is 0 Å². The van der Waals surface area contributed by atoms with Crippen LogP contribution in [0.4, 0.5) is 5.13 Å². The molecule has 28 heavy (non-hydrogen) atoms. The van der Waals surface area contributed by atoms with Gasteiger partial charge in [0, 0.05) is 17.1 Å². The number of benzene rings is 2. The number of hydrogen-bond acceptors (Lipinski definition) is 6. The van der Waals surface area contributed by atoms with E-state index in [1.165, 1.54) is 36.8 Å². The van der Waals surface area contributed by atoms with E-state index in [0.29, 0.717) is 5.13 Å². The molecule has 0 aliphatic carbocycles. The lowest BCUT2D eigenvalue weighted by Crippen LogP contribution is -2.14. The Morgan fingerprint density at radius 1 is 1.04 bits per heavy atom. The number of amides is 1. The third kappa shape index (κ3) is 3.47. The highest BCUT2D eigenvalue weighted by molar-refractivity contribution is 7.14. The Bertz CT molecular complexity index is 1160. The zero-order valence-electron chi connectivity index (χ0n) is 14.9. The molecule has 0 radical (unpaired) electrons. The minimum absolute atomic E-state index is 0.189. The zero-order valence-corrected chi connectivity index (χ0v) is 15.7. The van der Waals surface area contributed by atoms with Gasteiger partial charge < -0.3 is 4.74 Å². The van der Waals surface area contributed by atoms with Crippen LogP contribution in [0.5, 0.6) is 0 Å². The van der Waals surface area contributed by atoms with Crippen LogP contribution in [0.2, 0.25) is 0 Å². The molecule has 0 spiro atoms. The second-order valence-electron chi connectivity index (χ2n) is 5.94. The minimum Gasteiger partial charge on any atom is -0.465 e. The van der Waals surface area contributed by atoms with Gasteiger partial charge in [0.15, 0.2) is 5.13 Å². The number of thiazole rings is 1. The number of nitrogens with zero attached hydrogens (tertiary/aromatic N) is 2. The summed E-state index contributed by atoms with van der Waals surface area (Å²) in [6, 6.07) is 17.1. The first-order chi connectivity index (χ1) is 13.7. The van der Waals surface area contributed by atoms with Crippen molar-refractivity contribution in [1.29, 1.82) is 0 Å². The van der Waals surface area contributed by atoms with E-state index in [4.69, 9.17) is 0 Å². The summed E-state index contributed by atoms with van der Waals surface area (Å²) in [7, 11) is 1.29. The predicted molar refractivity (Wildman–Crippen MR) is 109 cm³/mol. The van der Waals surface area contributed by atoms with E-state index in [9.17, 15) is 9.59 Å². The van der Waals surface area contributed by atoms with E-state index in [0.717, 1.165) is 22.0 Å². The van der Waals surface area contributed by atoms with Crippen molar-refractivity contribution in [3.63, 3.8) is 0 Å². The maximum absolute atomic E-state index is 12.4. The zero-order chi connectivity index (χ0) is 19.5. The van der Waals surface area contributed by atoms with Crippen molar-refractivity contribution in [3.8, 4) is 11.3 Å². The summed E-state index contributed by atoms with van der Waals surface area (Å²) in [5.74, 6) is -0.894. The monoisotopic (exact) mass is 389 g/mol. The number of carbonyl (C=O) groups excluding carboxylic acids is 2. The summed E-state index contributed by atoms with van der Waals surface area (Å²) in [4.78, 5) is 32.4. The molecule has 0 aliphatic rings. The molecule has 138 valence electrons. The summed E-state index contributed by atoms with van der Waals surface area (Å²) < 4.78 is 4.62. The SMILES string of the molecule is COC(=O)c1ccc(C(=O)Nc2nc(-c3cccc4ccccc34)cs2)nc1. The molecule has 2 aromatic carbocycles. The number of aromatic nitrogens is 2. The number of methoxy groups -OCH3 is 1. The first-order valence-electron chi connectivity index (χ1n) is 8.45. The summed E-state index contributed by atoms with van der Waals surface area (Å²) in [5.41, 5.74) is 2.28. The highest BCUT2D eigenvalue weighted by Crippen LogP contribution is 2.31. The number of nitrogens with one attached hydrogen (secondary N) is 1. The molecule has 0 saturated carbocycles. The van der Waals surface area contributed by atoms with E-state index in [2.05, 4.69) is 38.2 Å². The molecule has 1 amide bonds. The molecular formula is C21H15N3O3S. The Morgan fingerprint density at radius 2 is 1.86 bits per heavy atom. The molecule has 4 aromatic rings. The first-order valence-corrected chi connectivity index (χ1v) is 9.33. The van der Waals surface area contributed by atoms with Crippen LogP contribution in [-0.4, -0.2) is 29.0 Å². The van der Waals surface area contributed by atoms with Crippen LogP contribution in [-0.2, 0) is 4.74 Å². The Morgan fingerprint density at radius 3 is 2.64 bits per heavy atom. The number of esters is 1. The average Bonchev–Trinajstić information content (AvgIpc) is 3.21. The van der Waals surface area contributed by atoms with Crippen molar-refractivity contribution in [2.24, 2.45) is 0 Å². The van der Waals surface area contributed by atoms with Gasteiger partial charge >= 0.3 is 5.97 Å². The highest BCUT2D eigenvalue weighted by Gasteiger charge is 2.13. The van der Waals surface area contributed by atoms with Crippen molar-refractivity contribution in [2.45, 2.75) is 0 Å². The lowest BCUT2D eigenvalue weighted by molar-refractivity contribution is 0.0600. The molecule has 7 heteroatoms. The Labute approximate surface area is 164 Å². The summed E-state index contributed by atoms with van der Waals surface area (Å²) >= 11 is 1.34. The predicted octanol–water partition coefficient (Wildman–Crippen LogP) is 4.40. The second-order valence-corrected chi connectivity index (χ2v) is 6.80. The topological polar surface area (TPSA) is 81.2 Å². The molecule has 0 saturated heterocycles. The Hall–Kier alpha value is -3.58. The van der Waals surface area contributed by atoms with Crippen LogP contribution >= 0.6 is 11.3 Å². The number of fused-ring (bicyclic) bond motifs is 1. The second kappa shape index (κ2) is 7.58. The van der Waals surface area contributed by atoms with Crippen LogP contribution in [0.3, 0.4) is 0 Å². The highest BCUT2D eigenvalue weighted by atomic mass is 32.1. The molecule has 2 heterocycles. The van der Waals surface area contributed by atoms with Gasteiger partial charge in [0.2, 0.25) is 0 Å². The molecule has 0 bridgehead atoms. The third-order valence-electron chi connectivity index (χ3n) is 4.21. The quantitative estimate of drug-likeness (QED) is 0.523. The standard InChI is InChI=1S/C21H15N3O3S/c1-27-20(26)14-9-10-17(22-11-14)19(25)24-21-23-18(12-28-21)16-8-4-6-13-5-2-3-7-15(13)16/h2-12H,1H3,(H,23,24,25). The van der Waals surface area contributed by atoms with Crippen molar-refractivity contribution in [1.82, 2.24) is 9.97 Å². The summed E-state index contributed by atoms with van der Waals surface area (Å²) in [5, 5.41) is 7.37. The van der Waals surface area contributed by atoms with Crippen LogP contribution in [0.15, 0.2) is 66.2 Å². The van der Waals surface area contributed by atoms with Gasteiger partial charge in [-0.1, -0.05) is 42.5 Å². The van der Waals surface area contributed by atoms with Gasteiger partial charge in [-0.3, -0.25) is 15.1 Å². The van der Waals surface area contributed by atoms with Crippen LogP contribution < -0.4 is 5.32 Å². The molecule has 4 rings (SSSR count). The van der Waals surface area contributed by atoms with Gasteiger partial charge in [0.25, 0.3) is 5.91 Å². The molecule has 2 aromatic heterocycles. The van der Waals surface area contributed by atoms with Gasteiger partial charge in [-0.15, -0.1) is 11.3 Å². The van der Waals surface area contributed by atoms with E-state index in [1.54, 1.807) is 0 Å². The van der Waals surface area contributed by atoms with Crippen molar-refractivity contribution in [2.75, 3.05) is 12.4 Å². The lowest BCUT2D eigenvalue weighted by Gasteiger charge is -2.04. The fourth-order valence-corrected chi connectivity index (χ4v) is 3.54. The summed E-state index contributed by atoms with van der Waals surface area (Å²) in [6.45, 7) is 0. The van der Waals surface area contributed by atoms with Crippen molar-refractivity contribution >= 4 is 39.1 Å². The number of hydrogen-bond donors (Lipinski definition) is 1. The fourth-order valence-electron chi connectivity index (χ4n) is 2.83. The number of pyridine rings is 1. The van der Waals surface area contributed by atoms with Crippen molar-refractivity contribution < 1.29 is 14.3 Å². The number of ether oxygens (including phenoxy) is 1.